The molecule has 0 saturated heterocycles. The molecule has 0 fully saturated rings. The van der Waals surface area contributed by atoms with Crippen molar-refractivity contribution in [3.63, 3.8) is 0 Å². The van der Waals surface area contributed by atoms with Crippen LogP contribution in [-0.2, 0) is 4.74 Å². The van der Waals surface area contributed by atoms with E-state index in [0.717, 1.165) is 5.56 Å². The van der Waals surface area contributed by atoms with E-state index in [4.69, 9.17) is 10.5 Å². The Morgan fingerprint density at radius 3 is 2.05 bits per heavy atom. The molecule has 19 heavy (non-hydrogen) atoms. The van der Waals surface area contributed by atoms with Crippen LogP contribution in [0.2, 0.25) is 0 Å². The smallest absolute Gasteiger partial charge is 0.131 e. The lowest BCUT2D eigenvalue weighted by molar-refractivity contribution is 0.0779. The lowest BCUT2D eigenvalue weighted by Gasteiger charge is -2.24. The van der Waals surface area contributed by atoms with Crippen molar-refractivity contribution in [2.45, 2.75) is 12.1 Å². The summed E-state index contributed by atoms with van der Waals surface area (Å²) in [5.41, 5.74) is 6.60. The number of benzene rings is 2. The van der Waals surface area contributed by atoms with E-state index in [1.807, 2.05) is 30.3 Å². The Hall–Kier alpha value is -1.78. The normalized spacial score (nSPS) is 14.1. The molecule has 0 aliphatic carbocycles. The highest BCUT2D eigenvalue weighted by Gasteiger charge is 2.26. The molecule has 0 heterocycles. The third kappa shape index (κ3) is 2.80. The summed E-state index contributed by atoms with van der Waals surface area (Å²) in [6, 6.07) is 11.9. The average molecular weight is 263 g/mol. The molecule has 0 amide bonds. The van der Waals surface area contributed by atoms with Crippen molar-refractivity contribution in [3.8, 4) is 0 Å². The van der Waals surface area contributed by atoms with Gasteiger partial charge in [-0.3, -0.25) is 0 Å². The highest BCUT2D eigenvalue weighted by Crippen LogP contribution is 2.32. The van der Waals surface area contributed by atoms with Crippen molar-refractivity contribution in [2.24, 2.45) is 5.73 Å². The maximum atomic E-state index is 13.7. The highest BCUT2D eigenvalue weighted by atomic mass is 19.1. The summed E-state index contributed by atoms with van der Waals surface area (Å²) in [7, 11) is 1.47. The van der Waals surface area contributed by atoms with Crippen LogP contribution in [0.25, 0.3) is 0 Å². The Kier molecular flexibility index (Phi) is 4.24. The van der Waals surface area contributed by atoms with Crippen molar-refractivity contribution in [2.75, 3.05) is 7.11 Å². The summed E-state index contributed by atoms with van der Waals surface area (Å²) < 4.78 is 32.8. The molecule has 4 heteroatoms. The van der Waals surface area contributed by atoms with Crippen LogP contribution in [0.3, 0.4) is 0 Å². The Morgan fingerprint density at radius 2 is 1.53 bits per heavy atom. The first-order chi connectivity index (χ1) is 9.15. The fourth-order valence-electron chi connectivity index (χ4n) is 2.11. The fourth-order valence-corrected chi connectivity index (χ4v) is 2.11. The van der Waals surface area contributed by atoms with Crippen molar-refractivity contribution < 1.29 is 13.5 Å². The molecular weight excluding hydrogens is 248 g/mol. The molecule has 2 N–H and O–H groups in total. The van der Waals surface area contributed by atoms with Crippen LogP contribution < -0.4 is 5.73 Å². The largest absolute Gasteiger partial charge is 0.375 e. The number of hydrogen-bond donors (Lipinski definition) is 1. The third-order valence-corrected chi connectivity index (χ3v) is 3.04. The molecule has 2 unspecified atom stereocenters. The summed E-state index contributed by atoms with van der Waals surface area (Å²) >= 11 is 0. The van der Waals surface area contributed by atoms with Crippen LogP contribution in [-0.4, -0.2) is 7.11 Å². The molecule has 2 aromatic rings. The summed E-state index contributed by atoms with van der Waals surface area (Å²) in [5, 5.41) is 0. The molecular formula is C15H15F2NO. The van der Waals surface area contributed by atoms with Crippen molar-refractivity contribution in [3.05, 3.63) is 71.3 Å². The first-order valence-electron chi connectivity index (χ1n) is 5.92. The van der Waals surface area contributed by atoms with E-state index in [2.05, 4.69) is 0 Å². The quantitative estimate of drug-likeness (QED) is 0.918. The molecule has 2 atom stereocenters. The lowest BCUT2D eigenvalue weighted by atomic mass is 9.95. The average Bonchev–Trinajstić information content (AvgIpc) is 2.40. The van der Waals surface area contributed by atoms with Gasteiger partial charge in [-0.05, 0) is 17.7 Å². The molecule has 100 valence electrons. The summed E-state index contributed by atoms with van der Waals surface area (Å²) in [5.74, 6) is -1.32. The first kappa shape index (κ1) is 13.6. The van der Waals surface area contributed by atoms with Gasteiger partial charge in [0.15, 0.2) is 0 Å². The summed E-state index contributed by atoms with van der Waals surface area (Å²) in [6.45, 7) is 0. The van der Waals surface area contributed by atoms with Crippen LogP contribution >= 0.6 is 0 Å². The minimum atomic E-state index is -0.909. The second-order valence-electron chi connectivity index (χ2n) is 4.23. The van der Waals surface area contributed by atoms with E-state index in [1.54, 1.807) is 0 Å². The molecule has 0 aliphatic heterocycles. The van der Waals surface area contributed by atoms with E-state index in [9.17, 15) is 8.78 Å². The Bertz CT molecular complexity index is 525. The fraction of sp³-hybridized carbons (Fsp3) is 0.200. The zero-order chi connectivity index (χ0) is 13.8. The van der Waals surface area contributed by atoms with E-state index >= 15 is 0 Å². The van der Waals surface area contributed by atoms with Crippen LogP contribution in [0.15, 0.2) is 48.5 Å². The number of nitrogens with two attached hydrogens (primary N) is 1. The zero-order valence-electron chi connectivity index (χ0n) is 10.5. The minimum absolute atomic E-state index is 0.154. The predicted octanol–water partition coefficient (Wildman–Crippen LogP) is 3.35. The van der Waals surface area contributed by atoms with Gasteiger partial charge in [-0.2, -0.15) is 0 Å². The molecule has 2 rings (SSSR count). The standard InChI is InChI=1S/C15H15F2NO/c1-19-15(10-6-3-2-4-7-10)14(18)13-11(16)8-5-9-12(13)17/h2-9,14-15H,18H2,1H3. The number of rotatable bonds is 4. The van der Waals surface area contributed by atoms with Gasteiger partial charge in [0, 0.05) is 12.7 Å². The molecule has 0 radical (unpaired) electrons. The molecule has 2 nitrogen and oxygen atoms in total. The maximum absolute atomic E-state index is 13.7. The van der Waals surface area contributed by atoms with Gasteiger partial charge in [-0.1, -0.05) is 36.4 Å². The maximum Gasteiger partial charge on any atom is 0.131 e. The first-order valence-corrected chi connectivity index (χ1v) is 5.92. The van der Waals surface area contributed by atoms with Crippen molar-refractivity contribution >= 4 is 0 Å². The van der Waals surface area contributed by atoms with Crippen LogP contribution in [0, 0.1) is 11.6 Å². The molecule has 2 aromatic carbocycles. The van der Waals surface area contributed by atoms with E-state index in [-0.39, 0.29) is 5.56 Å². The summed E-state index contributed by atoms with van der Waals surface area (Å²) in [6.07, 6.45) is -0.604. The monoisotopic (exact) mass is 263 g/mol. The Balaban J connectivity index is 2.39. The van der Waals surface area contributed by atoms with Crippen molar-refractivity contribution in [1.82, 2.24) is 0 Å². The molecule has 0 saturated carbocycles. The van der Waals surface area contributed by atoms with Gasteiger partial charge in [0.1, 0.15) is 17.7 Å². The Labute approximate surface area is 110 Å². The topological polar surface area (TPSA) is 35.2 Å². The van der Waals surface area contributed by atoms with Crippen LogP contribution in [0.4, 0.5) is 8.78 Å². The van der Waals surface area contributed by atoms with E-state index < -0.39 is 23.8 Å². The minimum Gasteiger partial charge on any atom is -0.375 e. The number of methoxy groups -OCH3 is 1. The second kappa shape index (κ2) is 5.91. The van der Waals surface area contributed by atoms with Gasteiger partial charge in [0.05, 0.1) is 6.04 Å². The number of halogens is 2. The molecule has 0 spiro atoms. The second-order valence-corrected chi connectivity index (χ2v) is 4.23. The number of hydrogen-bond acceptors (Lipinski definition) is 2. The SMILES string of the molecule is COC(c1ccccc1)C(N)c1c(F)cccc1F. The highest BCUT2D eigenvalue weighted by molar-refractivity contribution is 5.28. The zero-order valence-corrected chi connectivity index (χ0v) is 10.5. The Morgan fingerprint density at radius 1 is 0.947 bits per heavy atom. The van der Waals surface area contributed by atoms with Crippen LogP contribution in [0.1, 0.15) is 23.3 Å². The molecule has 0 bridgehead atoms. The lowest BCUT2D eigenvalue weighted by Crippen LogP contribution is -2.23. The number of ether oxygens (including phenoxy) is 1. The van der Waals surface area contributed by atoms with Gasteiger partial charge in [-0.15, -0.1) is 0 Å². The van der Waals surface area contributed by atoms with E-state index in [0.29, 0.717) is 0 Å². The van der Waals surface area contributed by atoms with Gasteiger partial charge in [0.25, 0.3) is 0 Å². The van der Waals surface area contributed by atoms with Crippen LogP contribution in [0.5, 0.6) is 0 Å². The van der Waals surface area contributed by atoms with E-state index in [1.165, 1.54) is 25.3 Å². The van der Waals surface area contributed by atoms with Crippen molar-refractivity contribution in [1.29, 1.82) is 0 Å². The third-order valence-electron chi connectivity index (χ3n) is 3.04. The van der Waals surface area contributed by atoms with Gasteiger partial charge >= 0.3 is 0 Å². The summed E-state index contributed by atoms with van der Waals surface area (Å²) in [4.78, 5) is 0. The van der Waals surface area contributed by atoms with Gasteiger partial charge < -0.3 is 10.5 Å². The molecule has 0 aliphatic rings. The predicted molar refractivity (Wildman–Crippen MR) is 69.5 cm³/mol. The van der Waals surface area contributed by atoms with Gasteiger partial charge in [0.2, 0.25) is 0 Å². The van der Waals surface area contributed by atoms with Gasteiger partial charge in [-0.25, -0.2) is 8.78 Å². The molecule has 0 aromatic heterocycles.